The molecule has 1 amide bonds. The second-order valence-corrected chi connectivity index (χ2v) is 5.80. The third kappa shape index (κ3) is 10.3. The number of nitrogens with one attached hydrogen (secondary N) is 2. The molecule has 26 heavy (non-hydrogen) atoms. The summed E-state index contributed by atoms with van der Waals surface area (Å²) in [5.74, 6) is 1.46. The van der Waals surface area contributed by atoms with E-state index < -0.39 is 0 Å². The number of guanidine groups is 1. The monoisotopic (exact) mass is 474 g/mol. The Morgan fingerprint density at radius 2 is 2.12 bits per heavy atom. The maximum Gasteiger partial charge on any atom is 0.243 e. The van der Waals surface area contributed by atoms with Gasteiger partial charge in [0.05, 0.1) is 6.61 Å². The van der Waals surface area contributed by atoms with Crippen LogP contribution in [0, 0.1) is 0 Å². The normalized spacial score (nSPS) is 10.5. The van der Waals surface area contributed by atoms with Crippen molar-refractivity contribution in [3.05, 3.63) is 42.5 Å². The van der Waals surface area contributed by atoms with Crippen LogP contribution in [0.2, 0.25) is 0 Å². The van der Waals surface area contributed by atoms with E-state index in [1.54, 1.807) is 20.2 Å². The number of carbonyl (C=O) groups excluding carboxylic acids is 1. The van der Waals surface area contributed by atoms with E-state index in [0.29, 0.717) is 19.0 Å². The Bertz CT molecular complexity index is 576. The minimum Gasteiger partial charge on any atom is -0.494 e. The number of ether oxygens (including phenoxy) is 1. The molecule has 0 fully saturated rings. The standard InChI is InChI=1S/C19H30N4O2.HI/c1-5-11-20-19(22-15-18(24)23(3)4)21-12-10-16-8-7-9-17(14-16)25-13-6-2;/h5,7-9,14H,1,6,10-13,15H2,2-4H3,(H2,20,21,22);1H. The summed E-state index contributed by atoms with van der Waals surface area (Å²) in [6, 6.07) is 8.10. The fourth-order valence-electron chi connectivity index (χ4n) is 1.97. The number of nitrogens with zero attached hydrogens (tertiary/aromatic N) is 2. The molecule has 0 spiro atoms. The van der Waals surface area contributed by atoms with Crippen molar-refractivity contribution < 1.29 is 9.53 Å². The molecule has 0 aliphatic carbocycles. The molecule has 6 nitrogen and oxygen atoms in total. The molecular formula is C19H31IN4O2. The number of hydrogen-bond donors (Lipinski definition) is 2. The highest BCUT2D eigenvalue weighted by Crippen LogP contribution is 2.13. The van der Waals surface area contributed by atoms with Crippen molar-refractivity contribution >= 4 is 35.8 Å². The molecule has 0 unspecified atom stereocenters. The maximum absolute atomic E-state index is 11.7. The summed E-state index contributed by atoms with van der Waals surface area (Å²) in [5.41, 5.74) is 1.19. The van der Waals surface area contributed by atoms with Crippen LogP contribution in [-0.4, -0.2) is 57.1 Å². The van der Waals surface area contributed by atoms with Crippen molar-refractivity contribution in [3.8, 4) is 5.75 Å². The lowest BCUT2D eigenvalue weighted by molar-refractivity contribution is -0.127. The summed E-state index contributed by atoms with van der Waals surface area (Å²) in [6.45, 7) is 7.90. The fourth-order valence-corrected chi connectivity index (χ4v) is 1.97. The Morgan fingerprint density at radius 1 is 1.35 bits per heavy atom. The van der Waals surface area contributed by atoms with Crippen LogP contribution in [0.4, 0.5) is 0 Å². The Kier molecular flexibility index (Phi) is 13.4. The summed E-state index contributed by atoms with van der Waals surface area (Å²) in [6.07, 6.45) is 3.57. The number of halogens is 1. The van der Waals surface area contributed by atoms with E-state index >= 15 is 0 Å². The number of amides is 1. The minimum absolute atomic E-state index is 0. The molecular weight excluding hydrogens is 443 g/mol. The Hall–Kier alpha value is -1.77. The first-order valence-electron chi connectivity index (χ1n) is 8.61. The van der Waals surface area contributed by atoms with Gasteiger partial charge in [0.2, 0.25) is 5.91 Å². The summed E-state index contributed by atoms with van der Waals surface area (Å²) in [4.78, 5) is 17.5. The van der Waals surface area contributed by atoms with E-state index in [9.17, 15) is 4.79 Å². The molecule has 146 valence electrons. The number of hydrogen-bond acceptors (Lipinski definition) is 3. The molecule has 0 aliphatic rings. The smallest absolute Gasteiger partial charge is 0.243 e. The van der Waals surface area contributed by atoms with Crippen molar-refractivity contribution in [1.29, 1.82) is 0 Å². The van der Waals surface area contributed by atoms with Crippen molar-refractivity contribution in [1.82, 2.24) is 15.5 Å². The van der Waals surface area contributed by atoms with Gasteiger partial charge in [-0.25, -0.2) is 4.99 Å². The average molecular weight is 474 g/mol. The molecule has 0 heterocycles. The first-order valence-corrected chi connectivity index (χ1v) is 8.61. The summed E-state index contributed by atoms with van der Waals surface area (Å²) in [5, 5.41) is 6.35. The van der Waals surface area contributed by atoms with Crippen molar-refractivity contribution in [2.75, 3.05) is 40.3 Å². The molecule has 1 aromatic carbocycles. The van der Waals surface area contributed by atoms with Crippen molar-refractivity contribution in [2.24, 2.45) is 4.99 Å². The predicted octanol–water partition coefficient (Wildman–Crippen LogP) is 2.45. The molecule has 2 N–H and O–H groups in total. The van der Waals surface area contributed by atoms with E-state index in [1.807, 2.05) is 12.1 Å². The van der Waals surface area contributed by atoms with Gasteiger partial charge in [0.1, 0.15) is 12.3 Å². The lowest BCUT2D eigenvalue weighted by Crippen LogP contribution is -2.39. The number of likely N-dealkylation sites (N-methyl/N-ethyl adjacent to an activating group) is 1. The van der Waals surface area contributed by atoms with Gasteiger partial charge in [-0.15, -0.1) is 30.6 Å². The van der Waals surface area contributed by atoms with Gasteiger partial charge in [0, 0.05) is 27.2 Å². The highest BCUT2D eigenvalue weighted by molar-refractivity contribution is 14.0. The molecule has 0 bridgehead atoms. The van der Waals surface area contributed by atoms with E-state index in [4.69, 9.17) is 4.74 Å². The SMILES string of the molecule is C=CCNC(=NCC(=O)N(C)C)NCCc1cccc(OCCC)c1.I. The molecule has 0 radical (unpaired) electrons. The molecule has 0 aliphatic heterocycles. The fraction of sp³-hybridized carbons (Fsp3) is 0.474. The van der Waals surface area contributed by atoms with Gasteiger partial charge in [0.25, 0.3) is 0 Å². The van der Waals surface area contributed by atoms with Crippen LogP contribution in [0.3, 0.4) is 0 Å². The third-order valence-electron chi connectivity index (χ3n) is 3.36. The quantitative estimate of drug-likeness (QED) is 0.237. The largest absolute Gasteiger partial charge is 0.494 e. The molecule has 1 rings (SSSR count). The van der Waals surface area contributed by atoms with Crippen LogP contribution in [0.5, 0.6) is 5.75 Å². The van der Waals surface area contributed by atoms with E-state index in [1.165, 1.54) is 10.5 Å². The first-order chi connectivity index (χ1) is 12.1. The van der Waals surface area contributed by atoms with Crippen LogP contribution < -0.4 is 15.4 Å². The Morgan fingerprint density at radius 3 is 2.77 bits per heavy atom. The third-order valence-corrected chi connectivity index (χ3v) is 3.36. The van der Waals surface area contributed by atoms with E-state index in [-0.39, 0.29) is 36.4 Å². The zero-order chi connectivity index (χ0) is 18.5. The summed E-state index contributed by atoms with van der Waals surface area (Å²) < 4.78 is 5.65. The van der Waals surface area contributed by atoms with Gasteiger partial charge in [-0.05, 0) is 30.5 Å². The Labute approximate surface area is 174 Å². The topological polar surface area (TPSA) is 66.0 Å². The minimum atomic E-state index is -0.0412. The number of rotatable bonds is 10. The van der Waals surface area contributed by atoms with Crippen LogP contribution in [0.1, 0.15) is 18.9 Å². The van der Waals surface area contributed by atoms with Crippen LogP contribution in [0.25, 0.3) is 0 Å². The molecule has 1 aromatic rings. The van der Waals surface area contributed by atoms with Gasteiger partial charge < -0.3 is 20.3 Å². The maximum atomic E-state index is 11.7. The van der Waals surface area contributed by atoms with Crippen LogP contribution >= 0.6 is 24.0 Å². The zero-order valence-corrected chi connectivity index (χ0v) is 18.3. The Balaban J connectivity index is 0.00000625. The number of aliphatic imine (C=N–C) groups is 1. The second kappa shape index (κ2) is 14.4. The molecule has 0 saturated carbocycles. The van der Waals surface area contributed by atoms with Gasteiger partial charge in [-0.1, -0.05) is 25.1 Å². The lowest BCUT2D eigenvalue weighted by atomic mass is 10.1. The second-order valence-electron chi connectivity index (χ2n) is 5.80. The van der Waals surface area contributed by atoms with Gasteiger partial charge in [0.15, 0.2) is 5.96 Å². The summed E-state index contributed by atoms with van der Waals surface area (Å²) >= 11 is 0. The average Bonchev–Trinajstić information content (AvgIpc) is 2.61. The molecule has 0 saturated heterocycles. The zero-order valence-electron chi connectivity index (χ0n) is 16.0. The van der Waals surface area contributed by atoms with Crippen LogP contribution in [0.15, 0.2) is 41.9 Å². The first kappa shape index (κ1) is 24.2. The van der Waals surface area contributed by atoms with Gasteiger partial charge >= 0.3 is 0 Å². The van der Waals surface area contributed by atoms with E-state index in [2.05, 4.69) is 41.3 Å². The van der Waals surface area contributed by atoms with Crippen molar-refractivity contribution in [2.45, 2.75) is 19.8 Å². The van der Waals surface area contributed by atoms with Gasteiger partial charge in [-0.3, -0.25) is 4.79 Å². The molecule has 0 aromatic heterocycles. The van der Waals surface area contributed by atoms with E-state index in [0.717, 1.165) is 25.2 Å². The van der Waals surface area contributed by atoms with Gasteiger partial charge in [-0.2, -0.15) is 0 Å². The van der Waals surface area contributed by atoms with Crippen LogP contribution in [-0.2, 0) is 11.2 Å². The van der Waals surface area contributed by atoms with Crippen molar-refractivity contribution in [3.63, 3.8) is 0 Å². The molecule has 0 atom stereocenters. The number of benzene rings is 1. The highest BCUT2D eigenvalue weighted by Gasteiger charge is 2.04. The predicted molar refractivity (Wildman–Crippen MR) is 119 cm³/mol. The lowest BCUT2D eigenvalue weighted by Gasteiger charge is -2.13. The highest BCUT2D eigenvalue weighted by atomic mass is 127. The molecule has 7 heteroatoms. The summed E-state index contributed by atoms with van der Waals surface area (Å²) in [7, 11) is 3.44. The number of carbonyl (C=O) groups is 1.